The number of fused-ring (bicyclic) bond motifs is 2. The van der Waals surface area contributed by atoms with E-state index in [-0.39, 0.29) is 0 Å². The molecular weight excluding hydrogens is 246 g/mol. The molecule has 3 rings (SSSR count). The first kappa shape index (κ1) is 11.9. The van der Waals surface area contributed by atoms with Crippen LogP contribution in [-0.2, 0) is 6.54 Å². The molecule has 1 saturated heterocycles. The Bertz CT molecular complexity index is 510. The summed E-state index contributed by atoms with van der Waals surface area (Å²) in [4.78, 5) is 2.50. The van der Waals surface area contributed by atoms with E-state index in [1.165, 1.54) is 11.1 Å². The second-order valence-electron chi connectivity index (χ2n) is 5.12. The van der Waals surface area contributed by atoms with Crippen molar-refractivity contribution in [3.8, 4) is 0 Å². The van der Waals surface area contributed by atoms with E-state index in [2.05, 4.69) is 23.2 Å². The highest BCUT2D eigenvalue weighted by Crippen LogP contribution is 2.35. The van der Waals surface area contributed by atoms with E-state index >= 15 is 0 Å². The summed E-state index contributed by atoms with van der Waals surface area (Å²) < 4.78 is 0. The maximum Gasteiger partial charge on any atom is 0.0621 e. The molecule has 2 heterocycles. The molecule has 0 amide bonds. The van der Waals surface area contributed by atoms with E-state index in [1.807, 2.05) is 12.1 Å². The van der Waals surface area contributed by atoms with Crippen molar-refractivity contribution in [3.63, 3.8) is 0 Å². The Hall–Kier alpha value is -1.19. The van der Waals surface area contributed by atoms with E-state index in [0.717, 1.165) is 42.5 Å². The zero-order chi connectivity index (χ0) is 12.7. The largest absolute Gasteiger partial charge is 0.397 e. The molecule has 4 heteroatoms. The Morgan fingerprint density at radius 3 is 3.06 bits per heavy atom. The lowest BCUT2D eigenvalue weighted by Crippen LogP contribution is -2.31. The second-order valence-corrected chi connectivity index (χ2v) is 5.56. The van der Waals surface area contributed by atoms with Crippen LogP contribution in [0.25, 0.3) is 0 Å². The minimum Gasteiger partial charge on any atom is -0.397 e. The molecule has 0 radical (unpaired) electrons. The number of nitrogens with two attached hydrogens (primary N) is 1. The van der Waals surface area contributed by atoms with Crippen LogP contribution < -0.4 is 11.1 Å². The number of rotatable bonds is 0. The molecule has 0 saturated carbocycles. The summed E-state index contributed by atoms with van der Waals surface area (Å²) in [6, 6.07) is 4.42. The van der Waals surface area contributed by atoms with Crippen molar-refractivity contribution in [2.24, 2.45) is 0 Å². The molecule has 1 aromatic carbocycles. The standard InChI is InChI=1S/C14H18ClN3/c1-2-9-3-12-6-17-14-10(8-18(12)7-9)4-11(15)5-13(14)16/h2,4-5,12,17H,3,6-8,16H2,1H3/b9-2-/t12-/m0/s1. The van der Waals surface area contributed by atoms with E-state index < -0.39 is 0 Å². The fraction of sp³-hybridized carbons (Fsp3) is 0.429. The Labute approximate surface area is 113 Å². The molecule has 18 heavy (non-hydrogen) atoms. The number of allylic oxidation sites excluding steroid dienone is 1. The number of nitrogens with zero attached hydrogens (tertiary/aromatic N) is 1. The lowest BCUT2D eigenvalue weighted by atomic mass is 10.1. The SMILES string of the molecule is C/C=C1/C[C@H]2CNc3c(N)cc(Cl)cc3CN2C1. The number of halogens is 1. The van der Waals surface area contributed by atoms with Gasteiger partial charge < -0.3 is 11.1 Å². The van der Waals surface area contributed by atoms with E-state index in [1.54, 1.807) is 0 Å². The first-order valence-electron chi connectivity index (χ1n) is 6.37. The van der Waals surface area contributed by atoms with Gasteiger partial charge in [-0.2, -0.15) is 0 Å². The number of nitrogens with one attached hydrogen (secondary N) is 1. The maximum absolute atomic E-state index is 6.10. The highest BCUT2D eigenvalue weighted by molar-refractivity contribution is 6.31. The van der Waals surface area contributed by atoms with E-state index in [4.69, 9.17) is 17.3 Å². The van der Waals surface area contributed by atoms with Crippen molar-refractivity contribution >= 4 is 23.0 Å². The topological polar surface area (TPSA) is 41.3 Å². The van der Waals surface area contributed by atoms with Crippen LogP contribution >= 0.6 is 11.6 Å². The lowest BCUT2D eigenvalue weighted by molar-refractivity contribution is 0.261. The third-order valence-electron chi connectivity index (χ3n) is 3.93. The molecule has 96 valence electrons. The van der Waals surface area contributed by atoms with Gasteiger partial charge in [0.25, 0.3) is 0 Å². The van der Waals surface area contributed by atoms with Crippen LogP contribution in [-0.4, -0.2) is 24.0 Å². The molecule has 1 aromatic rings. The van der Waals surface area contributed by atoms with Gasteiger partial charge >= 0.3 is 0 Å². The number of benzene rings is 1. The van der Waals surface area contributed by atoms with E-state index in [9.17, 15) is 0 Å². The smallest absolute Gasteiger partial charge is 0.0621 e. The Morgan fingerprint density at radius 2 is 2.28 bits per heavy atom. The van der Waals surface area contributed by atoms with Crippen molar-refractivity contribution in [3.05, 3.63) is 34.4 Å². The van der Waals surface area contributed by atoms with Crippen molar-refractivity contribution in [1.82, 2.24) is 4.90 Å². The van der Waals surface area contributed by atoms with Gasteiger partial charge in [0.05, 0.1) is 11.4 Å². The van der Waals surface area contributed by atoms with Gasteiger partial charge in [0.2, 0.25) is 0 Å². The fourth-order valence-corrected chi connectivity index (χ4v) is 3.20. The summed E-state index contributed by atoms with van der Waals surface area (Å²) >= 11 is 6.10. The molecule has 0 aromatic heterocycles. The first-order chi connectivity index (χ1) is 8.67. The monoisotopic (exact) mass is 263 g/mol. The number of nitrogen functional groups attached to an aromatic ring is 1. The van der Waals surface area contributed by atoms with Crippen LogP contribution in [0.5, 0.6) is 0 Å². The molecule has 2 aliphatic heterocycles. The molecule has 0 aliphatic carbocycles. The Balaban J connectivity index is 1.94. The van der Waals surface area contributed by atoms with Crippen molar-refractivity contribution in [1.29, 1.82) is 0 Å². The van der Waals surface area contributed by atoms with Gasteiger partial charge in [0, 0.05) is 30.7 Å². The van der Waals surface area contributed by atoms with E-state index in [0.29, 0.717) is 6.04 Å². The zero-order valence-corrected chi connectivity index (χ0v) is 11.3. The fourth-order valence-electron chi connectivity index (χ4n) is 2.95. The molecule has 1 fully saturated rings. The second kappa shape index (κ2) is 4.48. The van der Waals surface area contributed by atoms with Crippen LogP contribution in [0.1, 0.15) is 18.9 Å². The van der Waals surface area contributed by atoms with Gasteiger partial charge in [0.15, 0.2) is 0 Å². The lowest BCUT2D eigenvalue weighted by Gasteiger charge is -2.20. The minimum absolute atomic E-state index is 0.571. The van der Waals surface area contributed by atoms with Crippen molar-refractivity contribution in [2.45, 2.75) is 25.9 Å². The summed E-state index contributed by atoms with van der Waals surface area (Å²) in [6.45, 7) is 5.07. The molecule has 2 aliphatic rings. The van der Waals surface area contributed by atoms with Gasteiger partial charge in [0.1, 0.15) is 0 Å². The quantitative estimate of drug-likeness (QED) is 0.559. The molecule has 1 atom stereocenters. The highest BCUT2D eigenvalue weighted by Gasteiger charge is 2.30. The predicted octanol–water partition coefficient (Wildman–Crippen LogP) is 2.87. The third kappa shape index (κ3) is 1.98. The van der Waals surface area contributed by atoms with Crippen LogP contribution in [0.3, 0.4) is 0 Å². The molecule has 0 bridgehead atoms. The Morgan fingerprint density at radius 1 is 1.44 bits per heavy atom. The van der Waals surface area contributed by atoms with Crippen molar-refractivity contribution < 1.29 is 0 Å². The van der Waals surface area contributed by atoms with Gasteiger partial charge in [-0.25, -0.2) is 0 Å². The first-order valence-corrected chi connectivity index (χ1v) is 6.75. The van der Waals surface area contributed by atoms with Crippen LogP contribution in [0, 0.1) is 0 Å². The van der Waals surface area contributed by atoms with Crippen LogP contribution in [0.2, 0.25) is 5.02 Å². The molecule has 0 unspecified atom stereocenters. The van der Waals surface area contributed by atoms with Gasteiger partial charge in [-0.1, -0.05) is 23.3 Å². The average molecular weight is 264 g/mol. The van der Waals surface area contributed by atoms with Gasteiger partial charge in [-0.15, -0.1) is 0 Å². The number of hydrogen-bond acceptors (Lipinski definition) is 3. The summed E-state index contributed by atoms with van der Waals surface area (Å²) in [5, 5.41) is 4.20. The van der Waals surface area contributed by atoms with Crippen LogP contribution in [0.4, 0.5) is 11.4 Å². The maximum atomic E-state index is 6.10. The average Bonchev–Trinajstić information content (AvgIpc) is 2.63. The van der Waals surface area contributed by atoms with Gasteiger partial charge in [-0.3, -0.25) is 4.90 Å². The summed E-state index contributed by atoms with van der Waals surface area (Å²) in [5.41, 5.74) is 10.6. The Kier molecular flexibility index (Phi) is 2.96. The molecule has 3 N–H and O–H groups in total. The molecule has 3 nitrogen and oxygen atoms in total. The predicted molar refractivity (Wildman–Crippen MR) is 76.9 cm³/mol. The number of hydrogen-bond donors (Lipinski definition) is 2. The number of anilines is 2. The minimum atomic E-state index is 0.571. The summed E-state index contributed by atoms with van der Waals surface area (Å²) in [7, 11) is 0. The summed E-state index contributed by atoms with van der Waals surface area (Å²) in [5.74, 6) is 0. The molecule has 0 spiro atoms. The van der Waals surface area contributed by atoms with Crippen LogP contribution in [0.15, 0.2) is 23.8 Å². The third-order valence-corrected chi connectivity index (χ3v) is 4.15. The molecular formula is C14H18ClN3. The normalized spacial score (nSPS) is 25.4. The summed E-state index contributed by atoms with van der Waals surface area (Å²) in [6.07, 6.45) is 3.40. The van der Waals surface area contributed by atoms with Gasteiger partial charge in [-0.05, 0) is 31.0 Å². The van der Waals surface area contributed by atoms with Crippen molar-refractivity contribution in [2.75, 3.05) is 24.1 Å². The highest BCUT2D eigenvalue weighted by atomic mass is 35.5. The zero-order valence-electron chi connectivity index (χ0n) is 10.5.